The van der Waals surface area contributed by atoms with Crippen molar-refractivity contribution >= 4 is 10.9 Å². The third kappa shape index (κ3) is 2.39. The van der Waals surface area contributed by atoms with Gasteiger partial charge in [-0.3, -0.25) is 0 Å². The van der Waals surface area contributed by atoms with Crippen LogP contribution < -0.4 is 0 Å². The van der Waals surface area contributed by atoms with Gasteiger partial charge < -0.3 is 15.2 Å². The molecule has 2 unspecified atom stereocenters. The molecular formula is C11H12N4O2. The van der Waals surface area contributed by atoms with E-state index >= 15 is 0 Å². The lowest BCUT2D eigenvalue weighted by Gasteiger charge is -2.16. The number of nitrogens with zero attached hydrogens (tertiary/aromatic N) is 3. The molecule has 0 aliphatic carbocycles. The van der Waals surface area contributed by atoms with Gasteiger partial charge in [0.2, 0.25) is 0 Å². The van der Waals surface area contributed by atoms with Crippen LogP contribution in [0.4, 0.5) is 0 Å². The molecule has 0 saturated carbocycles. The van der Waals surface area contributed by atoms with E-state index in [9.17, 15) is 10.2 Å². The molecule has 1 aromatic heterocycles. The zero-order valence-electron chi connectivity index (χ0n) is 8.98. The first kappa shape index (κ1) is 11.5. The number of hydrogen-bond acceptors (Lipinski definition) is 3. The fraction of sp³-hybridized carbons (Fsp3) is 0.273. The van der Waals surface area contributed by atoms with Crippen molar-refractivity contribution in [3.8, 4) is 0 Å². The van der Waals surface area contributed by atoms with Crippen LogP contribution in [0.25, 0.3) is 21.3 Å². The fourth-order valence-electron chi connectivity index (χ4n) is 1.69. The Morgan fingerprint density at radius 1 is 1.35 bits per heavy atom. The van der Waals surface area contributed by atoms with Crippen molar-refractivity contribution in [2.45, 2.75) is 12.2 Å². The summed E-state index contributed by atoms with van der Waals surface area (Å²) in [4.78, 5) is 5.56. The maximum Gasteiger partial charge on any atom is 0.105 e. The molecule has 1 aromatic carbocycles. The lowest BCUT2D eigenvalue weighted by molar-refractivity contribution is 0.0245. The number of hydrogen-bond donors (Lipinski definition) is 3. The summed E-state index contributed by atoms with van der Waals surface area (Å²) in [5.41, 5.74) is 9.61. The molecule has 3 N–H and O–H groups in total. The second-order valence-corrected chi connectivity index (χ2v) is 3.75. The second kappa shape index (κ2) is 4.88. The summed E-state index contributed by atoms with van der Waals surface area (Å²) < 4.78 is 0. The van der Waals surface area contributed by atoms with Crippen LogP contribution in [0, 0.1) is 0 Å². The molecule has 0 fully saturated rings. The van der Waals surface area contributed by atoms with Gasteiger partial charge in [-0.15, -0.1) is 0 Å². The molecule has 88 valence electrons. The summed E-state index contributed by atoms with van der Waals surface area (Å²) in [6.45, 7) is -0.152. The Balaban J connectivity index is 2.22. The number of fused-ring (bicyclic) bond motifs is 1. The van der Waals surface area contributed by atoms with E-state index in [1.165, 1.54) is 0 Å². The molecule has 2 atom stereocenters. The quantitative estimate of drug-likeness (QED) is 0.425. The van der Waals surface area contributed by atoms with E-state index < -0.39 is 12.2 Å². The fourth-order valence-corrected chi connectivity index (χ4v) is 1.69. The van der Waals surface area contributed by atoms with Crippen molar-refractivity contribution in [2.75, 3.05) is 6.54 Å². The Morgan fingerprint density at radius 2 is 2.18 bits per heavy atom. The van der Waals surface area contributed by atoms with Crippen molar-refractivity contribution in [1.29, 1.82) is 0 Å². The minimum Gasteiger partial charge on any atom is -0.390 e. The van der Waals surface area contributed by atoms with E-state index in [1.54, 1.807) is 18.3 Å². The number of aliphatic hydroxyl groups is 2. The molecule has 0 radical (unpaired) electrons. The summed E-state index contributed by atoms with van der Waals surface area (Å²) in [7, 11) is 0. The molecule has 6 heteroatoms. The number of nitrogens with one attached hydrogen (secondary N) is 1. The van der Waals surface area contributed by atoms with Crippen molar-refractivity contribution in [2.24, 2.45) is 5.11 Å². The zero-order chi connectivity index (χ0) is 12.3. The maximum absolute atomic E-state index is 9.87. The Labute approximate surface area is 97.1 Å². The summed E-state index contributed by atoms with van der Waals surface area (Å²) in [5, 5.41) is 23.7. The van der Waals surface area contributed by atoms with Crippen molar-refractivity contribution in [3.05, 3.63) is 46.5 Å². The molecule has 2 aromatic rings. The average molecular weight is 232 g/mol. The first-order chi connectivity index (χ1) is 8.22. The number of H-pyrrole nitrogens is 1. The summed E-state index contributed by atoms with van der Waals surface area (Å²) in [6, 6.07) is 7.27. The third-order valence-corrected chi connectivity index (χ3v) is 2.62. The van der Waals surface area contributed by atoms with Gasteiger partial charge in [0, 0.05) is 16.6 Å². The molecule has 1 heterocycles. The predicted octanol–water partition coefficient (Wildman–Crippen LogP) is 1.87. The summed E-state index contributed by atoms with van der Waals surface area (Å²) >= 11 is 0. The highest BCUT2D eigenvalue weighted by Gasteiger charge is 2.17. The van der Waals surface area contributed by atoms with Crippen LogP contribution in [-0.4, -0.2) is 27.8 Å². The molecule has 17 heavy (non-hydrogen) atoms. The van der Waals surface area contributed by atoms with Crippen molar-refractivity contribution in [1.82, 2.24) is 4.98 Å². The minimum atomic E-state index is -1.10. The van der Waals surface area contributed by atoms with Gasteiger partial charge >= 0.3 is 0 Å². The Bertz CT molecular complexity index is 559. The standard InChI is InChI=1S/C11H12N4O2/c12-15-14-6-10(16)11(17)8-2-1-7-3-4-13-9(7)5-8/h1-5,10-11,13,16-17H,6H2. The van der Waals surface area contributed by atoms with Gasteiger partial charge in [0.25, 0.3) is 0 Å². The molecule has 0 aliphatic heterocycles. The summed E-state index contributed by atoms with van der Waals surface area (Å²) in [5.74, 6) is 0. The zero-order valence-corrected chi connectivity index (χ0v) is 8.98. The van der Waals surface area contributed by atoms with Gasteiger partial charge in [0.15, 0.2) is 0 Å². The first-order valence-corrected chi connectivity index (χ1v) is 5.16. The minimum absolute atomic E-state index is 0.152. The number of aliphatic hydroxyl groups excluding tert-OH is 2. The van der Waals surface area contributed by atoms with Gasteiger partial charge in [-0.25, -0.2) is 0 Å². The SMILES string of the molecule is [N-]=[N+]=NCC(O)C(O)c1ccc2cc[nH]c2c1. The Kier molecular flexibility index (Phi) is 3.30. The molecule has 0 spiro atoms. The smallest absolute Gasteiger partial charge is 0.105 e. The molecule has 6 nitrogen and oxygen atoms in total. The lowest BCUT2D eigenvalue weighted by Crippen LogP contribution is -2.21. The van der Waals surface area contributed by atoms with Gasteiger partial charge in [-0.1, -0.05) is 17.2 Å². The average Bonchev–Trinajstić information content (AvgIpc) is 2.81. The van der Waals surface area contributed by atoms with E-state index in [1.807, 2.05) is 12.1 Å². The topological polar surface area (TPSA) is 105 Å². The lowest BCUT2D eigenvalue weighted by atomic mass is 10.0. The number of benzene rings is 1. The number of aromatic amines is 1. The van der Waals surface area contributed by atoms with Crippen LogP contribution in [0.15, 0.2) is 35.6 Å². The van der Waals surface area contributed by atoms with E-state index in [0.29, 0.717) is 5.56 Å². The molecular weight excluding hydrogens is 220 g/mol. The van der Waals surface area contributed by atoms with Crippen LogP contribution >= 0.6 is 0 Å². The highest BCUT2D eigenvalue weighted by atomic mass is 16.3. The largest absolute Gasteiger partial charge is 0.390 e. The van der Waals surface area contributed by atoms with Gasteiger partial charge in [0.05, 0.1) is 12.6 Å². The monoisotopic (exact) mass is 232 g/mol. The second-order valence-electron chi connectivity index (χ2n) is 3.75. The van der Waals surface area contributed by atoms with E-state index in [2.05, 4.69) is 15.0 Å². The first-order valence-electron chi connectivity index (χ1n) is 5.16. The highest BCUT2D eigenvalue weighted by Crippen LogP contribution is 2.21. The van der Waals surface area contributed by atoms with E-state index in [-0.39, 0.29) is 6.54 Å². The van der Waals surface area contributed by atoms with Crippen molar-refractivity contribution < 1.29 is 10.2 Å². The van der Waals surface area contributed by atoms with E-state index in [0.717, 1.165) is 10.9 Å². The van der Waals surface area contributed by atoms with Gasteiger partial charge in [-0.05, 0) is 28.6 Å². The highest BCUT2D eigenvalue weighted by molar-refractivity contribution is 5.79. The Hall–Kier alpha value is -2.01. The maximum atomic E-state index is 9.87. The van der Waals surface area contributed by atoms with Crippen LogP contribution in [0.2, 0.25) is 0 Å². The molecule has 0 saturated heterocycles. The van der Waals surface area contributed by atoms with Crippen LogP contribution in [-0.2, 0) is 0 Å². The van der Waals surface area contributed by atoms with E-state index in [4.69, 9.17) is 5.53 Å². The normalized spacial score (nSPS) is 14.2. The number of rotatable bonds is 4. The molecule has 2 rings (SSSR count). The van der Waals surface area contributed by atoms with Crippen LogP contribution in [0.5, 0.6) is 0 Å². The van der Waals surface area contributed by atoms with Crippen LogP contribution in [0.3, 0.4) is 0 Å². The number of aromatic nitrogens is 1. The van der Waals surface area contributed by atoms with Crippen LogP contribution in [0.1, 0.15) is 11.7 Å². The van der Waals surface area contributed by atoms with Gasteiger partial charge in [-0.2, -0.15) is 0 Å². The number of azide groups is 1. The molecule has 0 bridgehead atoms. The molecule has 0 amide bonds. The van der Waals surface area contributed by atoms with Crippen molar-refractivity contribution in [3.63, 3.8) is 0 Å². The Morgan fingerprint density at radius 3 is 2.94 bits per heavy atom. The summed E-state index contributed by atoms with van der Waals surface area (Å²) in [6.07, 6.45) is -0.358. The third-order valence-electron chi connectivity index (χ3n) is 2.62. The predicted molar refractivity (Wildman–Crippen MR) is 63.3 cm³/mol. The van der Waals surface area contributed by atoms with Gasteiger partial charge in [0.1, 0.15) is 6.10 Å². The molecule has 0 aliphatic rings.